The summed E-state index contributed by atoms with van der Waals surface area (Å²) in [4.78, 5) is 18.7. The van der Waals surface area contributed by atoms with Gasteiger partial charge in [-0.05, 0) is 19.8 Å². The van der Waals surface area contributed by atoms with Gasteiger partial charge < -0.3 is 14.8 Å². The number of aromatic nitrogens is 2. The Balaban J connectivity index is 2.09. The van der Waals surface area contributed by atoms with Crippen LogP contribution in [-0.4, -0.2) is 35.2 Å². The summed E-state index contributed by atoms with van der Waals surface area (Å²) in [5, 5.41) is 3.37. The molecule has 0 aromatic carbocycles. The second-order valence-corrected chi connectivity index (χ2v) is 5.38. The van der Waals surface area contributed by atoms with Crippen LogP contribution in [0, 0.1) is 0 Å². The van der Waals surface area contributed by atoms with Crippen LogP contribution in [0.3, 0.4) is 0 Å². The zero-order valence-electron chi connectivity index (χ0n) is 12.1. The highest BCUT2D eigenvalue weighted by Crippen LogP contribution is 2.33. The molecule has 1 N–H and O–H groups in total. The first-order valence-corrected chi connectivity index (χ1v) is 7.19. The minimum absolute atomic E-state index is 0.0522. The summed E-state index contributed by atoms with van der Waals surface area (Å²) in [6.07, 6.45) is 5.78. The Bertz CT molecular complexity index is 465. The Hall–Kier alpha value is -1.36. The number of anilines is 1. The second-order valence-electron chi connectivity index (χ2n) is 5.38. The molecule has 5 nitrogen and oxygen atoms in total. The molecule has 19 heavy (non-hydrogen) atoms. The molecule has 0 radical (unpaired) electrons. The summed E-state index contributed by atoms with van der Waals surface area (Å²) in [6, 6.07) is 0.868. The fraction of sp³-hybridized carbons (Fsp3) is 0.714. The van der Waals surface area contributed by atoms with Gasteiger partial charge in [-0.25, -0.2) is 4.98 Å². The lowest BCUT2D eigenvalue weighted by atomic mass is 10.4. The van der Waals surface area contributed by atoms with Gasteiger partial charge >= 0.3 is 0 Å². The lowest BCUT2D eigenvalue weighted by Gasteiger charge is -2.22. The minimum Gasteiger partial charge on any atom is -0.351 e. The Morgan fingerprint density at radius 1 is 1.53 bits per heavy atom. The van der Waals surface area contributed by atoms with Gasteiger partial charge in [0.1, 0.15) is 0 Å². The molecule has 5 heteroatoms. The molecule has 1 heterocycles. The smallest absolute Gasteiger partial charge is 0.293 e. The third kappa shape index (κ3) is 3.56. The first kappa shape index (κ1) is 14.1. The van der Waals surface area contributed by atoms with Crippen LogP contribution in [0.25, 0.3) is 0 Å². The van der Waals surface area contributed by atoms with E-state index in [1.54, 1.807) is 6.20 Å². The van der Waals surface area contributed by atoms with Crippen molar-refractivity contribution in [3.63, 3.8) is 0 Å². The maximum atomic E-state index is 12.4. The molecule has 0 saturated heterocycles. The van der Waals surface area contributed by atoms with E-state index in [1.807, 2.05) is 10.8 Å². The Kier molecular flexibility index (Phi) is 4.58. The number of likely N-dealkylation sites (N-methyl/N-ethyl adjacent to an activating group) is 1. The van der Waals surface area contributed by atoms with E-state index in [-0.39, 0.29) is 5.56 Å². The summed E-state index contributed by atoms with van der Waals surface area (Å²) < 4.78 is 1.83. The minimum atomic E-state index is 0.0522. The molecule has 0 spiro atoms. The first-order valence-electron chi connectivity index (χ1n) is 7.19. The molecule has 0 unspecified atom stereocenters. The summed E-state index contributed by atoms with van der Waals surface area (Å²) >= 11 is 0. The molecule has 2 rings (SSSR count). The maximum absolute atomic E-state index is 12.4. The van der Waals surface area contributed by atoms with Gasteiger partial charge in [-0.1, -0.05) is 13.8 Å². The zero-order valence-corrected chi connectivity index (χ0v) is 12.1. The number of rotatable bonds is 7. The van der Waals surface area contributed by atoms with Gasteiger partial charge in [0.05, 0.1) is 0 Å². The van der Waals surface area contributed by atoms with E-state index in [1.165, 1.54) is 0 Å². The van der Waals surface area contributed by atoms with Gasteiger partial charge in [0, 0.05) is 44.1 Å². The van der Waals surface area contributed by atoms with Crippen molar-refractivity contribution in [3.05, 3.63) is 22.7 Å². The summed E-state index contributed by atoms with van der Waals surface area (Å²) in [5.41, 5.74) is 0.0522. The number of nitrogens with zero attached hydrogens (tertiary/aromatic N) is 3. The molecule has 0 aliphatic heterocycles. The average Bonchev–Trinajstić information content (AvgIpc) is 3.19. The molecule has 1 aliphatic rings. The predicted molar refractivity (Wildman–Crippen MR) is 77.8 cm³/mol. The van der Waals surface area contributed by atoms with Crippen molar-refractivity contribution in [1.82, 2.24) is 14.9 Å². The molecule has 1 fully saturated rings. The monoisotopic (exact) mass is 264 g/mol. The normalized spacial score (nSPS) is 14.9. The molecule has 1 aromatic rings. The summed E-state index contributed by atoms with van der Waals surface area (Å²) in [7, 11) is 0. The third-order valence-electron chi connectivity index (χ3n) is 3.41. The van der Waals surface area contributed by atoms with Crippen LogP contribution in [0.4, 0.5) is 5.82 Å². The Morgan fingerprint density at radius 3 is 2.84 bits per heavy atom. The van der Waals surface area contributed by atoms with Crippen LogP contribution >= 0.6 is 0 Å². The SMILES string of the molecule is CCN(CCNC(C)C)c1nccn(C2CC2)c1=O. The van der Waals surface area contributed by atoms with Crippen LogP contribution in [0.5, 0.6) is 0 Å². The van der Waals surface area contributed by atoms with Crippen LogP contribution in [-0.2, 0) is 0 Å². The lowest BCUT2D eigenvalue weighted by molar-refractivity contribution is 0.579. The van der Waals surface area contributed by atoms with E-state index < -0.39 is 0 Å². The molecule has 1 saturated carbocycles. The third-order valence-corrected chi connectivity index (χ3v) is 3.41. The predicted octanol–water partition coefficient (Wildman–Crippen LogP) is 1.40. The highest BCUT2D eigenvalue weighted by atomic mass is 16.1. The van der Waals surface area contributed by atoms with Crippen molar-refractivity contribution in [2.45, 2.75) is 45.7 Å². The Morgan fingerprint density at radius 2 is 2.26 bits per heavy atom. The zero-order chi connectivity index (χ0) is 13.8. The van der Waals surface area contributed by atoms with Crippen molar-refractivity contribution in [1.29, 1.82) is 0 Å². The standard InChI is InChI=1S/C14H24N4O/c1-4-17(9-7-15-11(2)3)13-14(19)18(10-8-16-13)12-5-6-12/h8,10-12,15H,4-7,9H2,1-3H3. The van der Waals surface area contributed by atoms with E-state index >= 15 is 0 Å². The van der Waals surface area contributed by atoms with Crippen LogP contribution in [0.2, 0.25) is 0 Å². The fourth-order valence-corrected chi connectivity index (χ4v) is 2.17. The van der Waals surface area contributed by atoms with Gasteiger partial charge in [-0.2, -0.15) is 0 Å². The highest BCUT2D eigenvalue weighted by Gasteiger charge is 2.26. The molecule has 0 atom stereocenters. The van der Waals surface area contributed by atoms with Crippen LogP contribution in [0.1, 0.15) is 39.7 Å². The van der Waals surface area contributed by atoms with E-state index in [0.717, 1.165) is 32.5 Å². The van der Waals surface area contributed by atoms with Gasteiger partial charge in [0.15, 0.2) is 5.82 Å². The largest absolute Gasteiger partial charge is 0.351 e. The molecule has 1 aromatic heterocycles. The molecular formula is C14H24N4O. The number of hydrogen-bond acceptors (Lipinski definition) is 4. The number of hydrogen-bond donors (Lipinski definition) is 1. The van der Waals surface area contributed by atoms with Crippen LogP contribution in [0.15, 0.2) is 17.2 Å². The molecular weight excluding hydrogens is 240 g/mol. The van der Waals surface area contributed by atoms with Gasteiger partial charge in [-0.15, -0.1) is 0 Å². The average molecular weight is 264 g/mol. The maximum Gasteiger partial charge on any atom is 0.293 e. The van der Waals surface area contributed by atoms with E-state index in [0.29, 0.717) is 17.9 Å². The summed E-state index contributed by atoms with van der Waals surface area (Å²) in [6.45, 7) is 8.78. The lowest BCUT2D eigenvalue weighted by Crippen LogP contribution is -2.39. The van der Waals surface area contributed by atoms with Crippen molar-refractivity contribution in [2.75, 3.05) is 24.5 Å². The molecule has 0 bridgehead atoms. The molecule has 0 amide bonds. The van der Waals surface area contributed by atoms with Crippen molar-refractivity contribution in [2.24, 2.45) is 0 Å². The van der Waals surface area contributed by atoms with Crippen molar-refractivity contribution < 1.29 is 0 Å². The van der Waals surface area contributed by atoms with Gasteiger partial charge in [0.2, 0.25) is 0 Å². The first-order chi connectivity index (χ1) is 9.13. The van der Waals surface area contributed by atoms with Gasteiger partial charge in [0.25, 0.3) is 5.56 Å². The van der Waals surface area contributed by atoms with Crippen molar-refractivity contribution in [3.8, 4) is 0 Å². The number of nitrogens with one attached hydrogen (secondary N) is 1. The highest BCUT2D eigenvalue weighted by molar-refractivity contribution is 5.35. The van der Waals surface area contributed by atoms with E-state index in [9.17, 15) is 4.79 Å². The van der Waals surface area contributed by atoms with Gasteiger partial charge in [-0.3, -0.25) is 4.79 Å². The molecule has 1 aliphatic carbocycles. The van der Waals surface area contributed by atoms with E-state index in [2.05, 4.69) is 36.0 Å². The quantitative estimate of drug-likeness (QED) is 0.809. The fourth-order valence-electron chi connectivity index (χ4n) is 2.17. The van der Waals surface area contributed by atoms with E-state index in [4.69, 9.17) is 0 Å². The summed E-state index contributed by atoms with van der Waals surface area (Å²) in [5.74, 6) is 0.586. The van der Waals surface area contributed by atoms with Crippen LogP contribution < -0.4 is 15.8 Å². The van der Waals surface area contributed by atoms with Crippen molar-refractivity contribution >= 4 is 5.82 Å². The Labute approximate surface area is 114 Å². The second kappa shape index (κ2) is 6.19. The molecule has 106 valence electrons. The topological polar surface area (TPSA) is 50.2 Å².